The molecule has 1 saturated heterocycles. The largest absolute Gasteiger partial charge is 0.508 e. The number of nitrogens with zero attached hydrogens (tertiary/aromatic N) is 1. The van der Waals surface area contributed by atoms with Gasteiger partial charge in [0.05, 0.1) is 11.6 Å². The number of ether oxygens (including phenoxy) is 1. The van der Waals surface area contributed by atoms with Crippen LogP contribution in [0.1, 0.15) is 28.3 Å². The molecule has 1 unspecified atom stereocenters. The van der Waals surface area contributed by atoms with Crippen molar-refractivity contribution in [2.45, 2.75) is 19.6 Å². The molecule has 5 rings (SSSR count). The van der Waals surface area contributed by atoms with Crippen LogP contribution in [0.5, 0.6) is 11.5 Å². The highest BCUT2D eigenvalue weighted by molar-refractivity contribution is 6.51. The number of benzene rings is 4. The van der Waals surface area contributed by atoms with Crippen molar-refractivity contribution in [1.82, 2.24) is 0 Å². The molecule has 4 aromatic rings. The van der Waals surface area contributed by atoms with Crippen molar-refractivity contribution in [3.63, 3.8) is 0 Å². The molecule has 0 saturated carbocycles. The molecule has 2 N–H and O–H groups in total. The standard InChI is InChI=1S/C31H24ClNO5/c1-19-16-22(10-15-26(19)38-18-20-6-3-2-4-7-20)29(35)27-28(21-8-5-9-25(34)17-21)33(31(37)30(27)36)24-13-11-23(32)12-14-24/h2-17,28,34-35H,18H2,1H3/b29-27-. The predicted octanol–water partition coefficient (Wildman–Crippen LogP) is 6.56. The maximum Gasteiger partial charge on any atom is 0.300 e. The van der Waals surface area contributed by atoms with E-state index in [1.165, 1.54) is 17.0 Å². The first-order valence-corrected chi connectivity index (χ1v) is 12.3. The van der Waals surface area contributed by atoms with Crippen molar-refractivity contribution >= 4 is 34.7 Å². The summed E-state index contributed by atoms with van der Waals surface area (Å²) < 4.78 is 5.94. The Balaban J connectivity index is 1.56. The molecule has 1 atom stereocenters. The number of hydrogen-bond acceptors (Lipinski definition) is 5. The van der Waals surface area contributed by atoms with E-state index in [2.05, 4.69) is 0 Å². The minimum Gasteiger partial charge on any atom is -0.508 e. The van der Waals surface area contributed by atoms with Gasteiger partial charge in [-0.2, -0.15) is 0 Å². The number of carbonyl (C=O) groups excluding carboxylic acids is 2. The van der Waals surface area contributed by atoms with Crippen molar-refractivity contribution in [3.8, 4) is 11.5 Å². The number of aliphatic hydroxyl groups excluding tert-OH is 1. The summed E-state index contributed by atoms with van der Waals surface area (Å²) in [6.07, 6.45) is 0. The lowest BCUT2D eigenvalue weighted by atomic mass is 9.94. The molecule has 1 aliphatic heterocycles. The average molecular weight is 526 g/mol. The molecule has 38 heavy (non-hydrogen) atoms. The Morgan fingerprint density at radius 1 is 0.921 bits per heavy atom. The summed E-state index contributed by atoms with van der Waals surface area (Å²) >= 11 is 6.04. The zero-order valence-electron chi connectivity index (χ0n) is 20.5. The number of Topliss-reactive ketones (excluding diaryl/α,β-unsaturated/α-hetero) is 1. The summed E-state index contributed by atoms with van der Waals surface area (Å²) in [6.45, 7) is 2.23. The van der Waals surface area contributed by atoms with Gasteiger partial charge in [-0.25, -0.2) is 0 Å². The first kappa shape index (κ1) is 25.1. The summed E-state index contributed by atoms with van der Waals surface area (Å²) in [5.41, 5.74) is 2.98. The molecule has 190 valence electrons. The Bertz CT molecular complexity index is 1550. The van der Waals surface area contributed by atoms with Crippen molar-refractivity contribution in [2.24, 2.45) is 0 Å². The minimum atomic E-state index is -0.961. The Morgan fingerprint density at radius 2 is 1.66 bits per heavy atom. The van der Waals surface area contributed by atoms with Crippen LogP contribution in [-0.4, -0.2) is 21.9 Å². The first-order valence-electron chi connectivity index (χ1n) is 12.0. The minimum absolute atomic E-state index is 0.0278. The van der Waals surface area contributed by atoms with Crippen LogP contribution in [0.3, 0.4) is 0 Å². The van der Waals surface area contributed by atoms with Gasteiger partial charge < -0.3 is 14.9 Å². The molecule has 4 aromatic carbocycles. The van der Waals surface area contributed by atoms with Gasteiger partial charge >= 0.3 is 0 Å². The molecule has 1 aliphatic rings. The second-order valence-electron chi connectivity index (χ2n) is 9.00. The van der Waals surface area contributed by atoms with Crippen molar-refractivity contribution in [1.29, 1.82) is 0 Å². The molecule has 0 bridgehead atoms. The number of aryl methyl sites for hydroxylation is 1. The Morgan fingerprint density at radius 3 is 2.34 bits per heavy atom. The van der Waals surface area contributed by atoms with Gasteiger partial charge in [0.1, 0.15) is 23.9 Å². The van der Waals surface area contributed by atoms with Gasteiger partial charge in [0.2, 0.25) is 0 Å². The van der Waals surface area contributed by atoms with Gasteiger partial charge in [-0.15, -0.1) is 0 Å². The molecule has 0 aromatic heterocycles. The lowest BCUT2D eigenvalue weighted by molar-refractivity contribution is -0.132. The van der Waals surface area contributed by atoms with Crippen molar-refractivity contribution in [3.05, 3.63) is 130 Å². The maximum atomic E-state index is 13.3. The molecule has 1 amide bonds. The fourth-order valence-corrected chi connectivity index (χ4v) is 4.69. The van der Waals surface area contributed by atoms with Gasteiger partial charge in [-0.1, -0.05) is 54.1 Å². The molecule has 0 spiro atoms. The van der Waals surface area contributed by atoms with Crippen LogP contribution in [0.15, 0.2) is 103 Å². The smallest absolute Gasteiger partial charge is 0.300 e. The Kier molecular flexibility index (Phi) is 6.90. The maximum absolute atomic E-state index is 13.3. The number of hydrogen-bond donors (Lipinski definition) is 2. The lowest BCUT2D eigenvalue weighted by Crippen LogP contribution is -2.29. The van der Waals surface area contributed by atoms with Crippen LogP contribution in [-0.2, 0) is 16.2 Å². The topological polar surface area (TPSA) is 87.1 Å². The number of phenols is 1. The third-order valence-corrected chi connectivity index (χ3v) is 6.67. The third-order valence-electron chi connectivity index (χ3n) is 6.42. The lowest BCUT2D eigenvalue weighted by Gasteiger charge is -2.25. The summed E-state index contributed by atoms with van der Waals surface area (Å²) in [5.74, 6) is -1.32. The Hall–Kier alpha value is -4.55. The summed E-state index contributed by atoms with van der Waals surface area (Å²) in [6, 6.07) is 26.7. The number of ketones is 1. The molecule has 7 heteroatoms. The number of amides is 1. The normalized spacial score (nSPS) is 16.6. The van der Waals surface area contributed by atoms with E-state index < -0.39 is 17.7 Å². The van der Waals surface area contributed by atoms with Crippen LogP contribution < -0.4 is 9.64 Å². The third kappa shape index (κ3) is 4.86. The zero-order valence-corrected chi connectivity index (χ0v) is 21.2. The highest BCUT2D eigenvalue weighted by Gasteiger charge is 2.47. The van der Waals surface area contributed by atoms with Crippen LogP contribution >= 0.6 is 11.6 Å². The first-order chi connectivity index (χ1) is 18.3. The van der Waals surface area contributed by atoms with Gasteiger partial charge in [0.15, 0.2) is 0 Å². The van der Waals surface area contributed by atoms with E-state index in [0.29, 0.717) is 34.2 Å². The molecule has 1 heterocycles. The fourth-order valence-electron chi connectivity index (χ4n) is 4.56. The van der Waals surface area contributed by atoms with Gasteiger partial charge in [-0.3, -0.25) is 14.5 Å². The number of rotatable bonds is 6. The number of phenolic OH excluding ortho intramolecular Hbond substituents is 1. The summed E-state index contributed by atoms with van der Waals surface area (Å²) in [7, 11) is 0. The monoisotopic (exact) mass is 525 g/mol. The number of aromatic hydroxyl groups is 1. The van der Waals surface area contributed by atoms with Crippen LogP contribution in [0.2, 0.25) is 5.02 Å². The van der Waals surface area contributed by atoms with Crippen molar-refractivity contribution < 1.29 is 24.5 Å². The quantitative estimate of drug-likeness (QED) is 0.169. The van der Waals surface area contributed by atoms with E-state index in [9.17, 15) is 19.8 Å². The molecule has 0 radical (unpaired) electrons. The number of aliphatic hydroxyl groups is 1. The number of anilines is 1. The van der Waals surface area contributed by atoms with Gasteiger partial charge in [-0.05, 0) is 78.2 Å². The summed E-state index contributed by atoms with van der Waals surface area (Å²) in [4.78, 5) is 27.9. The van der Waals surface area contributed by atoms with E-state index in [4.69, 9.17) is 16.3 Å². The molecule has 1 fully saturated rings. The predicted molar refractivity (Wildman–Crippen MR) is 146 cm³/mol. The van der Waals surface area contributed by atoms with Gasteiger partial charge in [0, 0.05) is 16.3 Å². The van der Waals surface area contributed by atoms with Crippen LogP contribution in [0, 0.1) is 6.92 Å². The molecular formula is C31H24ClNO5. The Labute approximate surface area is 225 Å². The van der Waals surface area contributed by atoms with E-state index in [-0.39, 0.29) is 17.1 Å². The van der Waals surface area contributed by atoms with Crippen LogP contribution in [0.4, 0.5) is 5.69 Å². The second-order valence-corrected chi connectivity index (χ2v) is 9.43. The molecule has 0 aliphatic carbocycles. The van der Waals surface area contributed by atoms with Crippen LogP contribution in [0.25, 0.3) is 5.76 Å². The number of carbonyl (C=O) groups is 2. The highest BCUT2D eigenvalue weighted by Crippen LogP contribution is 2.43. The van der Waals surface area contributed by atoms with E-state index in [0.717, 1.165) is 11.1 Å². The highest BCUT2D eigenvalue weighted by atomic mass is 35.5. The van der Waals surface area contributed by atoms with E-state index in [1.54, 1.807) is 54.6 Å². The van der Waals surface area contributed by atoms with E-state index in [1.807, 2.05) is 37.3 Å². The molecule has 6 nitrogen and oxygen atoms in total. The van der Waals surface area contributed by atoms with E-state index >= 15 is 0 Å². The number of halogens is 1. The second kappa shape index (κ2) is 10.4. The molecular weight excluding hydrogens is 502 g/mol. The van der Waals surface area contributed by atoms with Gasteiger partial charge in [0.25, 0.3) is 11.7 Å². The average Bonchev–Trinajstić information content (AvgIpc) is 3.18. The summed E-state index contributed by atoms with van der Waals surface area (Å²) in [5, 5.41) is 22.0. The van der Waals surface area contributed by atoms with Crippen molar-refractivity contribution in [2.75, 3.05) is 4.90 Å². The fraction of sp³-hybridized carbons (Fsp3) is 0.0968. The zero-order chi connectivity index (χ0) is 26.8. The SMILES string of the molecule is Cc1cc(/C(O)=C2/C(=O)C(=O)N(c3ccc(Cl)cc3)C2c2cccc(O)c2)ccc1OCc1ccccc1.